The molecule has 1 fully saturated rings. The van der Waals surface area contributed by atoms with Gasteiger partial charge in [0.15, 0.2) is 0 Å². The number of hydrogen-bond acceptors (Lipinski definition) is 5. The SMILES string of the molecule is CCc1ccc(Cn2ccc3ccc([C@@H]4O[C@H](CO)[C@@H](O)[C@H](O)[C@H]4O)cc32)cc1. The molecule has 0 bridgehead atoms. The van der Waals surface area contributed by atoms with E-state index in [9.17, 15) is 20.4 Å². The molecule has 3 aromatic rings. The van der Waals surface area contributed by atoms with Crippen LogP contribution >= 0.6 is 0 Å². The van der Waals surface area contributed by atoms with Crippen LogP contribution in [-0.4, -0.2) is 56.0 Å². The van der Waals surface area contributed by atoms with E-state index >= 15 is 0 Å². The molecule has 1 aromatic heterocycles. The molecule has 4 N–H and O–H groups in total. The lowest BCUT2D eigenvalue weighted by atomic mass is 9.91. The molecule has 6 heteroatoms. The Kier molecular flexibility index (Phi) is 5.72. The van der Waals surface area contributed by atoms with Gasteiger partial charge in [0.25, 0.3) is 0 Å². The van der Waals surface area contributed by atoms with E-state index in [2.05, 4.69) is 35.8 Å². The third kappa shape index (κ3) is 3.82. The molecule has 2 aromatic carbocycles. The monoisotopic (exact) mass is 397 g/mol. The Balaban J connectivity index is 1.64. The van der Waals surface area contributed by atoms with Crippen LogP contribution in [0, 0.1) is 0 Å². The van der Waals surface area contributed by atoms with Crippen LogP contribution in [0.4, 0.5) is 0 Å². The molecule has 5 atom stereocenters. The summed E-state index contributed by atoms with van der Waals surface area (Å²) < 4.78 is 7.84. The normalized spacial score (nSPS) is 27.4. The Hall–Kier alpha value is -2.22. The van der Waals surface area contributed by atoms with Crippen LogP contribution in [0.1, 0.15) is 29.7 Å². The molecule has 4 rings (SSSR count). The highest BCUT2D eigenvalue weighted by molar-refractivity contribution is 5.81. The Morgan fingerprint density at radius 2 is 1.62 bits per heavy atom. The summed E-state index contributed by atoms with van der Waals surface area (Å²) in [6.45, 7) is 2.41. The first-order valence-corrected chi connectivity index (χ1v) is 9.99. The molecular formula is C23H27NO5. The van der Waals surface area contributed by atoms with Crippen LogP contribution in [0.2, 0.25) is 0 Å². The zero-order valence-corrected chi connectivity index (χ0v) is 16.3. The summed E-state index contributed by atoms with van der Waals surface area (Å²) in [7, 11) is 0. The highest BCUT2D eigenvalue weighted by Gasteiger charge is 2.43. The van der Waals surface area contributed by atoms with Gasteiger partial charge in [0.2, 0.25) is 0 Å². The second kappa shape index (κ2) is 8.26. The first-order chi connectivity index (χ1) is 14.0. The summed E-state index contributed by atoms with van der Waals surface area (Å²) in [6, 6.07) is 16.3. The number of rotatable bonds is 5. The molecule has 0 radical (unpaired) electrons. The molecule has 154 valence electrons. The number of ether oxygens (including phenoxy) is 1. The van der Waals surface area contributed by atoms with E-state index in [1.807, 2.05) is 30.5 Å². The Bertz CT molecular complexity index is 965. The molecule has 29 heavy (non-hydrogen) atoms. The van der Waals surface area contributed by atoms with Gasteiger partial charge in [-0.3, -0.25) is 0 Å². The van der Waals surface area contributed by atoms with Crippen LogP contribution in [0.3, 0.4) is 0 Å². The zero-order chi connectivity index (χ0) is 20.5. The van der Waals surface area contributed by atoms with Crippen LogP contribution in [0.25, 0.3) is 10.9 Å². The Labute approximate surface area is 169 Å². The predicted octanol–water partition coefficient (Wildman–Crippen LogP) is 1.77. The van der Waals surface area contributed by atoms with Gasteiger partial charge >= 0.3 is 0 Å². The number of benzene rings is 2. The summed E-state index contributed by atoms with van der Waals surface area (Å²) >= 11 is 0. The number of aryl methyl sites for hydroxylation is 1. The first kappa shape index (κ1) is 20.1. The van der Waals surface area contributed by atoms with Gasteiger partial charge in [0, 0.05) is 18.3 Å². The minimum Gasteiger partial charge on any atom is -0.394 e. The zero-order valence-electron chi connectivity index (χ0n) is 16.3. The molecule has 0 amide bonds. The summed E-state index contributed by atoms with van der Waals surface area (Å²) in [6.07, 6.45) is -2.74. The number of aromatic nitrogens is 1. The van der Waals surface area contributed by atoms with Crippen molar-refractivity contribution >= 4 is 10.9 Å². The van der Waals surface area contributed by atoms with E-state index in [1.165, 1.54) is 11.1 Å². The van der Waals surface area contributed by atoms with Gasteiger partial charge < -0.3 is 29.7 Å². The average molecular weight is 397 g/mol. The molecule has 2 heterocycles. The van der Waals surface area contributed by atoms with Crippen LogP contribution in [0.5, 0.6) is 0 Å². The number of hydrogen-bond donors (Lipinski definition) is 4. The van der Waals surface area contributed by atoms with Crippen LogP contribution in [-0.2, 0) is 17.7 Å². The maximum Gasteiger partial charge on any atom is 0.113 e. The Morgan fingerprint density at radius 3 is 2.31 bits per heavy atom. The fraction of sp³-hybridized carbons (Fsp3) is 0.391. The van der Waals surface area contributed by atoms with Crippen molar-refractivity contribution in [3.8, 4) is 0 Å². The average Bonchev–Trinajstić information content (AvgIpc) is 3.15. The third-order valence-corrected chi connectivity index (χ3v) is 5.80. The van der Waals surface area contributed by atoms with Crippen molar-refractivity contribution < 1.29 is 25.2 Å². The summed E-state index contributed by atoms with van der Waals surface area (Å²) in [5.74, 6) is 0. The first-order valence-electron chi connectivity index (χ1n) is 9.99. The molecule has 6 nitrogen and oxygen atoms in total. The van der Waals surface area contributed by atoms with Crippen molar-refractivity contribution in [1.29, 1.82) is 0 Å². The quantitative estimate of drug-likeness (QED) is 0.526. The van der Waals surface area contributed by atoms with Crippen LogP contribution in [0.15, 0.2) is 54.7 Å². The molecule has 0 unspecified atom stereocenters. The number of aliphatic hydroxyl groups is 4. The molecular weight excluding hydrogens is 370 g/mol. The fourth-order valence-electron chi connectivity index (χ4n) is 3.97. The van der Waals surface area contributed by atoms with E-state index in [1.54, 1.807) is 0 Å². The van der Waals surface area contributed by atoms with Gasteiger partial charge in [-0.15, -0.1) is 0 Å². The number of aliphatic hydroxyl groups excluding tert-OH is 4. The number of fused-ring (bicyclic) bond motifs is 1. The van der Waals surface area contributed by atoms with Gasteiger partial charge in [-0.25, -0.2) is 0 Å². The van der Waals surface area contributed by atoms with Gasteiger partial charge in [-0.05, 0) is 40.6 Å². The standard InChI is InChI=1S/C23H27NO5/c1-2-14-3-5-15(6-4-14)12-24-10-9-16-7-8-17(11-18(16)24)23-22(28)21(27)20(26)19(13-25)29-23/h3-11,19-23,25-28H,2,12-13H2,1H3/t19-,20-,21+,22-,23+/m1/s1. The smallest absolute Gasteiger partial charge is 0.113 e. The van der Waals surface area contributed by atoms with E-state index in [0.717, 1.165) is 17.3 Å². The lowest BCUT2D eigenvalue weighted by Gasteiger charge is -2.40. The van der Waals surface area contributed by atoms with E-state index < -0.39 is 37.1 Å². The largest absolute Gasteiger partial charge is 0.394 e. The highest BCUT2D eigenvalue weighted by Crippen LogP contribution is 2.34. The summed E-state index contributed by atoms with van der Waals surface area (Å²) in [4.78, 5) is 0. The van der Waals surface area contributed by atoms with Crippen molar-refractivity contribution in [3.05, 3.63) is 71.4 Å². The molecule has 1 aliphatic rings. The van der Waals surface area contributed by atoms with Crippen molar-refractivity contribution in [1.82, 2.24) is 4.57 Å². The maximum absolute atomic E-state index is 10.4. The van der Waals surface area contributed by atoms with Crippen molar-refractivity contribution in [2.24, 2.45) is 0 Å². The van der Waals surface area contributed by atoms with Gasteiger partial charge in [0.1, 0.15) is 30.5 Å². The van der Waals surface area contributed by atoms with E-state index in [0.29, 0.717) is 12.1 Å². The lowest BCUT2D eigenvalue weighted by molar-refractivity contribution is -0.231. The predicted molar refractivity (Wildman–Crippen MR) is 110 cm³/mol. The van der Waals surface area contributed by atoms with Gasteiger partial charge in [-0.2, -0.15) is 0 Å². The minimum absolute atomic E-state index is 0.437. The summed E-state index contributed by atoms with van der Waals surface area (Å²) in [5.41, 5.74) is 4.17. The maximum atomic E-state index is 10.4. The van der Waals surface area contributed by atoms with E-state index in [4.69, 9.17) is 4.74 Å². The topological polar surface area (TPSA) is 95.1 Å². The van der Waals surface area contributed by atoms with Crippen molar-refractivity contribution in [2.75, 3.05) is 6.61 Å². The third-order valence-electron chi connectivity index (χ3n) is 5.80. The molecule has 0 spiro atoms. The van der Waals surface area contributed by atoms with Gasteiger partial charge in [-0.1, -0.05) is 43.3 Å². The van der Waals surface area contributed by atoms with Crippen LogP contribution < -0.4 is 0 Å². The lowest BCUT2D eigenvalue weighted by Crippen LogP contribution is -2.55. The molecule has 1 aliphatic heterocycles. The number of nitrogens with zero attached hydrogens (tertiary/aromatic N) is 1. The molecule has 0 saturated carbocycles. The molecule has 0 aliphatic carbocycles. The van der Waals surface area contributed by atoms with Crippen molar-refractivity contribution in [2.45, 2.75) is 50.4 Å². The Morgan fingerprint density at radius 1 is 0.897 bits per heavy atom. The fourth-order valence-corrected chi connectivity index (χ4v) is 3.97. The van der Waals surface area contributed by atoms with Crippen molar-refractivity contribution in [3.63, 3.8) is 0 Å². The van der Waals surface area contributed by atoms with E-state index in [-0.39, 0.29) is 0 Å². The highest BCUT2D eigenvalue weighted by atomic mass is 16.5. The molecule has 1 saturated heterocycles. The van der Waals surface area contributed by atoms with Gasteiger partial charge in [0.05, 0.1) is 6.61 Å². The second-order valence-electron chi connectivity index (χ2n) is 7.68. The minimum atomic E-state index is -1.38. The summed E-state index contributed by atoms with van der Waals surface area (Å²) in [5, 5.41) is 41.0. The second-order valence-corrected chi connectivity index (χ2v) is 7.68.